The zero-order valence-electron chi connectivity index (χ0n) is 22.6. The number of amides is 2. The first-order valence-corrected chi connectivity index (χ1v) is 14.5. The van der Waals surface area contributed by atoms with Crippen LogP contribution in [0.2, 0.25) is 0 Å². The van der Waals surface area contributed by atoms with Crippen molar-refractivity contribution in [3.8, 4) is 0 Å². The predicted molar refractivity (Wildman–Crippen MR) is 146 cm³/mol. The van der Waals surface area contributed by atoms with E-state index in [0.717, 1.165) is 9.69 Å². The third-order valence-electron chi connectivity index (χ3n) is 6.78. The highest BCUT2D eigenvalue weighted by Gasteiger charge is 2.35. The molecule has 0 aliphatic carbocycles. The number of hydrogen-bond donors (Lipinski definition) is 2. The van der Waals surface area contributed by atoms with Gasteiger partial charge in [0.25, 0.3) is 15.9 Å². The van der Waals surface area contributed by atoms with Crippen LogP contribution in [0.25, 0.3) is 11.0 Å². The van der Waals surface area contributed by atoms with Gasteiger partial charge in [-0.3, -0.25) is 14.4 Å². The van der Waals surface area contributed by atoms with Gasteiger partial charge in [-0.05, 0) is 57.2 Å². The molecule has 1 saturated heterocycles. The van der Waals surface area contributed by atoms with E-state index in [0.29, 0.717) is 29.7 Å². The number of aryl methyl sites for hydroxylation is 2. The van der Waals surface area contributed by atoms with E-state index in [1.54, 1.807) is 32.0 Å². The molecule has 0 radical (unpaired) electrons. The second-order valence-electron chi connectivity index (χ2n) is 10.3. The van der Waals surface area contributed by atoms with Crippen molar-refractivity contribution >= 4 is 38.6 Å². The van der Waals surface area contributed by atoms with Crippen molar-refractivity contribution in [2.24, 2.45) is 5.92 Å². The van der Waals surface area contributed by atoms with Crippen molar-refractivity contribution in [1.29, 1.82) is 0 Å². The Balaban J connectivity index is 1.46. The summed E-state index contributed by atoms with van der Waals surface area (Å²) < 4.78 is 33.1. The fourth-order valence-electron chi connectivity index (χ4n) is 4.74. The number of para-hydroxylation sites is 1. The van der Waals surface area contributed by atoms with E-state index in [1.165, 1.54) is 6.07 Å². The largest absolute Gasteiger partial charge is 0.451 e. The third kappa shape index (κ3) is 6.36. The molecule has 3 heterocycles. The van der Waals surface area contributed by atoms with Crippen LogP contribution in [-0.4, -0.2) is 60.5 Å². The molecule has 3 aromatic rings. The van der Waals surface area contributed by atoms with Crippen LogP contribution in [-0.2, 0) is 19.6 Å². The van der Waals surface area contributed by atoms with Crippen LogP contribution in [0.15, 0.2) is 51.9 Å². The zero-order chi connectivity index (χ0) is 28.3. The van der Waals surface area contributed by atoms with Crippen LogP contribution in [0.4, 0.5) is 0 Å². The Morgan fingerprint density at radius 3 is 2.56 bits per heavy atom. The van der Waals surface area contributed by atoms with E-state index in [2.05, 4.69) is 15.6 Å². The Hall–Kier alpha value is -3.57. The van der Waals surface area contributed by atoms with Crippen LogP contribution < -0.4 is 10.6 Å². The molecule has 1 aliphatic heterocycles. The third-order valence-corrected chi connectivity index (χ3v) is 8.53. The number of Topliss-reactive ketones (excluding diaryl/α,β-unsaturated/α-hetero) is 1. The number of ketones is 1. The van der Waals surface area contributed by atoms with Crippen LogP contribution in [0.3, 0.4) is 0 Å². The summed E-state index contributed by atoms with van der Waals surface area (Å²) in [7, 11) is -3.97. The number of nitrogens with one attached hydrogen (secondary N) is 2. The highest BCUT2D eigenvalue weighted by Crippen LogP contribution is 2.25. The minimum Gasteiger partial charge on any atom is -0.451 e. The summed E-state index contributed by atoms with van der Waals surface area (Å²) in [6, 6.07) is 10.2. The van der Waals surface area contributed by atoms with Gasteiger partial charge in [-0.1, -0.05) is 38.1 Å². The highest BCUT2D eigenvalue weighted by atomic mass is 32.2. The predicted octanol–water partition coefficient (Wildman–Crippen LogP) is 3.13. The molecule has 4 rings (SSSR count). The van der Waals surface area contributed by atoms with Gasteiger partial charge in [-0.25, -0.2) is 13.4 Å². The first kappa shape index (κ1) is 28.4. The maximum atomic E-state index is 13.3. The summed E-state index contributed by atoms with van der Waals surface area (Å²) >= 11 is 0. The number of aromatic nitrogens is 1. The van der Waals surface area contributed by atoms with E-state index in [-0.39, 0.29) is 36.2 Å². The first-order chi connectivity index (χ1) is 18.5. The van der Waals surface area contributed by atoms with Gasteiger partial charge < -0.3 is 15.1 Å². The smallest absolute Gasteiger partial charge is 0.287 e. The molecule has 2 N–H and O–H groups in total. The molecular formula is C28H34N4O6S. The Bertz CT molecular complexity index is 1500. The van der Waals surface area contributed by atoms with Gasteiger partial charge in [-0.15, -0.1) is 0 Å². The summed E-state index contributed by atoms with van der Waals surface area (Å²) in [5, 5.41) is 6.24. The molecule has 11 heteroatoms. The van der Waals surface area contributed by atoms with Gasteiger partial charge in [0, 0.05) is 23.2 Å². The van der Waals surface area contributed by atoms with Crippen LogP contribution >= 0.6 is 0 Å². The van der Waals surface area contributed by atoms with Gasteiger partial charge in [-0.2, -0.15) is 4.31 Å². The summed E-state index contributed by atoms with van der Waals surface area (Å²) in [5.41, 5.74) is 1.81. The highest BCUT2D eigenvalue weighted by molar-refractivity contribution is 7.89. The molecule has 1 aliphatic rings. The van der Waals surface area contributed by atoms with Gasteiger partial charge in [0.1, 0.15) is 11.6 Å². The molecule has 1 fully saturated rings. The summed E-state index contributed by atoms with van der Waals surface area (Å²) in [5.74, 6) is -1.22. The van der Waals surface area contributed by atoms with Crippen molar-refractivity contribution in [3.63, 3.8) is 0 Å². The number of pyridine rings is 1. The van der Waals surface area contributed by atoms with E-state index in [4.69, 9.17) is 4.42 Å². The Morgan fingerprint density at radius 1 is 1.13 bits per heavy atom. The lowest BCUT2D eigenvalue weighted by molar-refractivity contribution is -0.129. The van der Waals surface area contributed by atoms with E-state index in [1.807, 2.05) is 32.0 Å². The minimum atomic E-state index is -3.97. The van der Waals surface area contributed by atoms with Gasteiger partial charge in [0.05, 0.1) is 12.6 Å². The molecular weight excluding hydrogens is 520 g/mol. The van der Waals surface area contributed by atoms with E-state index < -0.39 is 39.7 Å². The lowest BCUT2D eigenvalue weighted by atomic mass is 10.0. The maximum Gasteiger partial charge on any atom is 0.287 e. The monoisotopic (exact) mass is 554 g/mol. The van der Waals surface area contributed by atoms with E-state index >= 15 is 0 Å². The molecule has 39 heavy (non-hydrogen) atoms. The normalized spacial score (nSPS) is 17.7. The topological polar surface area (TPSA) is 139 Å². The maximum absolute atomic E-state index is 13.3. The Kier molecular flexibility index (Phi) is 8.51. The summed E-state index contributed by atoms with van der Waals surface area (Å²) in [6.07, 6.45) is 1.00. The number of furan rings is 1. The van der Waals surface area contributed by atoms with Gasteiger partial charge >= 0.3 is 0 Å². The SMILES string of the molecule is Cc1cccc(S(=O)(=O)N2CCC[C@H](NC(=O)C(CC(C)C)NC(=O)c3oc4ccccc4c3C)C(=O)C2)n1. The average molecular weight is 555 g/mol. The molecule has 1 unspecified atom stereocenters. The fraction of sp³-hybridized carbons (Fsp3) is 0.429. The molecule has 10 nitrogen and oxygen atoms in total. The second kappa shape index (κ2) is 11.7. The van der Waals surface area contributed by atoms with Crippen LogP contribution in [0, 0.1) is 19.8 Å². The second-order valence-corrected chi connectivity index (χ2v) is 12.2. The molecule has 1 aromatic carbocycles. The number of rotatable bonds is 8. The van der Waals surface area contributed by atoms with Gasteiger partial charge in [0.15, 0.2) is 16.6 Å². The standard InChI is InChI=1S/C28H34N4O6S/c1-17(2)15-22(31-28(35)26-19(4)20-10-5-6-12-24(20)38-26)27(34)30-21-11-8-14-32(16-23(21)33)39(36,37)25-13-7-9-18(3)29-25/h5-7,9-10,12-13,17,21-22H,8,11,14-16H2,1-4H3,(H,30,34)(H,31,35)/t21-,22?/m0/s1. The first-order valence-electron chi connectivity index (χ1n) is 13.0. The van der Waals surface area contributed by atoms with Crippen molar-refractivity contribution in [1.82, 2.24) is 19.9 Å². The van der Waals surface area contributed by atoms with Crippen LogP contribution in [0.5, 0.6) is 0 Å². The van der Waals surface area contributed by atoms with Crippen LogP contribution in [0.1, 0.15) is 54.9 Å². The molecule has 208 valence electrons. The molecule has 0 bridgehead atoms. The number of fused-ring (bicyclic) bond motifs is 1. The molecule has 2 atom stereocenters. The minimum absolute atomic E-state index is 0.0742. The molecule has 2 aromatic heterocycles. The summed E-state index contributed by atoms with van der Waals surface area (Å²) in [4.78, 5) is 43.6. The van der Waals surface area contributed by atoms with Crippen molar-refractivity contribution < 1.29 is 27.2 Å². The lowest BCUT2D eigenvalue weighted by Gasteiger charge is -2.23. The Labute approximate surface area is 228 Å². The molecule has 0 saturated carbocycles. The zero-order valence-corrected chi connectivity index (χ0v) is 23.4. The summed E-state index contributed by atoms with van der Waals surface area (Å²) in [6.45, 7) is 7.10. The molecule has 0 spiro atoms. The van der Waals surface area contributed by atoms with E-state index in [9.17, 15) is 22.8 Å². The quantitative estimate of drug-likeness (QED) is 0.436. The number of nitrogens with zero attached hydrogens (tertiary/aromatic N) is 2. The molecule has 2 amide bonds. The Morgan fingerprint density at radius 2 is 1.87 bits per heavy atom. The van der Waals surface area contributed by atoms with Crippen molar-refractivity contribution in [2.75, 3.05) is 13.1 Å². The van der Waals surface area contributed by atoms with Crippen molar-refractivity contribution in [2.45, 2.75) is 64.1 Å². The number of carbonyl (C=O) groups is 3. The number of hydrogen-bond acceptors (Lipinski definition) is 7. The average Bonchev–Trinajstić information content (AvgIpc) is 3.11. The number of carbonyl (C=O) groups excluding carboxylic acids is 3. The lowest BCUT2D eigenvalue weighted by Crippen LogP contribution is -2.52. The number of benzene rings is 1. The fourth-order valence-corrected chi connectivity index (χ4v) is 6.18. The number of sulfonamides is 1. The van der Waals surface area contributed by atoms with Gasteiger partial charge in [0.2, 0.25) is 5.91 Å². The van der Waals surface area contributed by atoms with Crippen molar-refractivity contribution in [3.05, 3.63) is 59.5 Å².